The summed E-state index contributed by atoms with van der Waals surface area (Å²) in [5.41, 5.74) is 0.109. The van der Waals surface area contributed by atoms with E-state index in [0.717, 1.165) is 6.54 Å². The Balaban J connectivity index is 2.45. The maximum Gasteiger partial charge on any atom is 0.338 e. The maximum absolute atomic E-state index is 11.4. The van der Waals surface area contributed by atoms with Crippen LogP contribution in [-0.4, -0.2) is 49.2 Å². The molecule has 2 amide bonds. The van der Waals surface area contributed by atoms with Gasteiger partial charge in [-0.2, -0.15) is 0 Å². The van der Waals surface area contributed by atoms with E-state index in [2.05, 4.69) is 10.6 Å². The van der Waals surface area contributed by atoms with E-state index in [0.29, 0.717) is 11.5 Å². The number of nitrogens with zero attached hydrogens (tertiary/aromatic N) is 1. The Bertz CT molecular complexity index is 403. The van der Waals surface area contributed by atoms with Crippen molar-refractivity contribution < 1.29 is 14.7 Å². The van der Waals surface area contributed by atoms with Crippen molar-refractivity contribution in [1.29, 1.82) is 0 Å². The Kier molecular flexibility index (Phi) is 4.92. The molecule has 0 aliphatic rings. The minimum atomic E-state index is -1.05. The van der Waals surface area contributed by atoms with Gasteiger partial charge in [0.15, 0.2) is 0 Å². The van der Waals surface area contributed by atoms with E-state index in [1.54, 1.807) is 5.38 Å². The van der Waals surface area contributed by atoms with Gasteiger partial charge in [0.1, 0.15) is 5.00 Å². The number of anilines is 1. The van der Waals surface area contributed by atoms with Crippen LogP contribution in [0.2, 0.25) is 0 Å². The van der Waals surface area contributed by atoms with Crippen LogP contribution in [0.3, 0.4) is 0 Å². The molecule has 1 aromatic rings. The van der Waals surface area contributed by atoms with E-state index >= 15 is 0 Å². The number of likely N-dealkylation sites (N-methyl/N-ethyl adjacent to an activating group) is 1. The molecule has 0 unspecified atom stereocenters. The van der Waals surface area contributed by atoms with Crippen LogP contribution in [0, 0.1) is 0 Å². The van der Waals surface area contributed by atoms with E-state index in [1.165, 1.54) is 17.4 Å². The van der Waals surface area contributed by atoms with Crippen molar-refractivity contribution in [2.45, 2.75) is 0 Å². The molecule has 1 rings (SSSR count). The van der Waals surface area contributed by atoms with E-state index < -0.39 is 12.0 Å². The van der Waals surface area contributed by atoms with Gasteiger partial charge in [0.05, 0.1) is 5.56 Å². The van der Waals surface area contributed by atoms with Crippen molar-refractivity contribution in [3.8, 4) is 0 Å². The second-order valence-electron chi connectivity index (χ2n) is 3.65. The number of hydrogen-bond donors (Lipinski definition) is 3. The molecule has 0 aromatic carbocycles. The Hall–Kier alpha value is -1.60. The summed E-state index contributed by atoms with van der Waals surface area (Å²) in [7, 11) is 3.81. The molecule has 1 heterocycles. The molecule has 0 aliphatic carbocycles. The normalized spacial score (nSPS) is 10.3. The highest BCUT2D eigenvalue weighted by Crippen LogP contribution is 2.22. The highest BCUT2D eigenvalue weighted by atomic mass is 32.1. The van der Waals surface area contributed by atoms with E-state index in [-0.39, 0.29) is 5.56 Å². The van der Waals surface area contributed by atoms with Gasteiger partial charge >= 0.3 is 12.0 Å². The molecule has 0 aliphatic heterocycles. The molecular formula is C10H15N3O3S. The summed E-state index contributed by atoms with van der Waals surface area (Å²) in [6.07, 6.45) is 0. The van der Waals surface area contributed by atoms with Crippen molar-refractivity contribution in [2.75, 3.05) is 32.5 Å². The highest BCUT2D eigenvalue weighted by Gasteiger charge is 2.13. The minimum absolute atomic E-state index is 0.109. The fourth-order valence-electron chi connectivity index (χ4n) is 1.11. The lowest BCUT2D eigenvalue weighted by molar-refractivity contribution is 0.0698. The van der Waals surface area contributed by atoms with Gasteiger partial charge in [0.2, 0.25) is 0 Å². The number of carboxylic acids is 1. The predicted molar refractivity (Wildman–Crippen MR) is 66.9 cm³/mol. The van der Waals surface area contributed by atoms with Gasteiger partial charge in [-0.3, -0.25) is 5.32 Å². The monoisotopic (exact) mass is 257 g/mol. The Morgan fingerprint density at radius 1 is 1.47 bits per heavy atom. The Morgan fingerprint density at radius 2 is 2.18 bits per heavy atom. The van der Waals surface area contributed by atoms with E-state index in [1.807, 2.05) is 19.0 Å². The van der Waals surface area contributed by atoms with Crippen LogP contribution in [0.5, 0.6) is 0 Å². The summed E-state index contributed by atoms with van der Waals surface area (Å²) in [5, 5.41) is 16.0. The number of carbonyl (C=O) groups excluding carboxylic acids is 1. The first-order chi connectivity index (χ1) is 8.00. The summed E-state index contributed by atoms with van der Waals surface area (Å²) in [5.74, 6) is -1.05. The third-order valence-corrected chi connectivity index (χ3v) is 2.80. The molecular weight excluding hydrogens is 242 g/mol. The van der Waals surface area contributed by atoms with Crippen molar-refractivity contribution >= 4 is 28.3 Å². The standard InChI is InChI=1S/C10H15N3O3S/c1-13(2)5-4-11-10(16)12-8-7(9(14)15)3-6-17-8/h3,6H,4-5H2,1-2H3,(H,14,15)(H2,11,12,16). The topological polar surface area (TPSA) is 81.7 Å². The van der Waals surface area contributed by atoms with E-state index in [4.69, 9.17) is 5.11 Å². The fourth-order valence-corrected chi connectivity index (χ4v) is 1.89. The van der Waals surface area contributed by atoms with Gasteiger partial charge in [0, 0.05) is 13.1 Å². The summed E-state index contributed by atoms with van der Waals surface area (Å²) in [6, 6.07) is 1.07. The number of aromatic carboxylic acids is 1. The van der Waals surface area contributed by atoms with Gasteiger partial charge in [-0.1, -0.05) is 0 Å². The minimum Gasteiger partial charge on any atom is -0.478 e. The molecule has 0 bridgehead atoms. The summed E-state index contributed by atoms with van der Waals surface area (Å²) < 4.78 is 0. The number of carboxylic acid groups (broad SMARTS) is 1. The number of urea groups is 1. The van der Waals surface area contributed by atoms with Gasteiger partial charge in [-0.25, -0.2) is 9.59 Å². The molecule has 3 N–H and O–H groups in total. The molecule has 0 radical (unpaired) electrons. The smallest absolute Gasteiger partial charge is 0.338 e. The zero-order valence-electron chi connectivity index (χ0n) is 9.69. The third kappa shape index (κ3) is 4.41. The van der Waals surface area contributed by atoms with Crippen LogP contribution < -0.4 is 10.6 Å². The Labute approximate surface area is 103 Å². The van der Waals surface area contributed by atoms with Crippen LogP contribution in [0.1, 0.15) is 10.4 Å². The van der Waals surface area contributed by atoms with Crippen LogP contribution >= 0.6 is 11.3 Å². The molecule has 0 fully saturated rings. The maximum atomic E-state index is 11.4. The first-order valence-electron chi connectivity index (χ1n) is 5.01. The lowest BCUT2D eigenvalue weighted by Crippen LogP contribution is -2.34. The van der Waals surface area contributed by atoms with Gasteiger partial charge < -0.3 is 15.3 Å². The SMILES string of the molecule is CN(C)CCNC(=O)Nc1sccc1C(=O)O. The second kappa shape index (κ2) is 6.21. The molecule has 1 aromatic heterocycles. The lowest BCUT2D eigenvalue weighted by Gasteiger charge is -2.10. The van der Waals surface area contributed by atoms with Crippen molar-refractivity contribution in [3.05, 3.63) is 17.0 Å². The molecule has 6 nitrogen and oxygen atoms in total. The number of amides is 2. The fraction of sp³-hybridized carbons (Fsp3) is 0.400. The highest BCUT2D eigenvalue weighted by molar-refractivity contribution is 7.14. The van der Waals surface area contributed by atoms with Crippen molar-refractivity contribution in [2.24, 2.45) is 0 Å². The van der Waals surface area contributed by atoms with Crippen molar-refractivity contribution in [3.63, 3.8) is 0 Å². The van der Waals surface area contributed by atoms with Gasteiger partial charge in [0.25, 0.3) is 0 Å². The first-order valence-corrected chi connectivity index (χ1v) is 5.89. The average Bonchev–Trinajstić information content (AvgIpc) is 2.65. The largest absolute Gasteiger partial charge is 0.478 e. The second-order valence-corrected chi connectivity index (χ2v) is 4.57. The molecule has 17 heavy (non-hydrogen) atoms. The first kappa shape index (κ1) is 13.5. The zero-order valence-corrected chi connectivity index (χ0v) is 10.5. The Morgan fingerprint density at radius 3 is 2.76 bits per heavy atom. The summed E-state index contributed by atoms with van der Waals surface area (Å²) in [6.45, 7) is 1.23. The quantitative estimate of drug-likeness (QED) is 0.738. The van der Waals surface area contributed by atoms with Crippen molar-refractivity contribution in [1.82, 2.24) is 10.2 Å². The van der Waals surface area contributed by atoms with Crippen LogP contribution in [0.25, 0.3) is 0 Å². The number of thiophene rings is 1. The molecule has 0 atom stereocenters. The van der Waals surface area contributed by atoms with Crippen LogP contribution in [-0.2, 0) is 0 Å². The van der Waals surface area contributed by atoms with E-state index in [9.17, 15) is 9.59 Å². The average molecular weight is 257 g/mol. The predicted octanol–water partition coefficient (Wildman–Crippen LogP) is 1.13. The van der Waals surface area contributed by atoms with Crippen LogP contribution in [0.4, 0.5) is 9.80 Å². The number of rotatable bonds is 5. The molecule has 7 heteroatoms. The molecule has 0 saturated heterocycles. The molecule has 94 valence electrons. The summed E-state index contributed by atoms with van der Waals surface area (Å²) in [4.78, 5) is 24.2. The van der Waals surface area contributed by atoms with Gasteiger partial charge in [-0.15, -0.1) is 11.3 Å². The summed E-state index contributed by atoms with van der Waals surface area (Å²) >= 11 is 1.18. The zero-order chi connectivity index (χ0) is 12.8. The molecule has 0 saturated carbocycles. The number of nitrogens with one attached hydrogen (secondary N) is 2. The van der Waals surface area contributed by atoms with Gasteiger partial charge in [-0.05, 0) is 25.5 Å². The molecule has 0 spiro atoms. The third-order valence-electron chi connectivity index (χ3n) is 1.97. The number of hydrogen-bond acceptors (Lipinski definition) is 4. The lowest BCUT2D eigenvalue weighted by atomic mass is 10.3. The number of carbonyl (C=O) groups is 2. The van der Waals surface area contributed by atoms with Crippen LogP contribution in [0.15, 0.2) is 11.4 Å².